The molecule has 0 aliphatic rings. The molecule has 0 saturated heterocycles. The lowest BCUT2D eigenvalue weighted by Crippen LogP contribution is -2.34. The number of hydrazone groups is 2. The van der Waals surface area contributed by atoms with Crippen molar-refractivity contribution in [2.45, 2.75) is 6.92 Å². The Morgan fingerprint density at radius 2 is 1.95 bits per heavy atom. The van der Waals surface area contributed by atoms with E-state index in [0.29, 0.717) is 17.8 Å². The number of aliphatic hydroxyl groups excluding tert-OH is 1. The van der Waals surface area contributed by atoms with Gasteiger partial charge in [0.1, 0.15) is 0 Å². The highest BCUT2D eigenvalue weighted by Gasteiger charge is 2.19. The SMILES string of the molecule is C=NN(N=C)c1ccccc1C(=O)N(CC)CCO. The number of hydrogen-bond donors (Lipinski definition) is 1. The molecule has 1 rings (SSSR count). The molecule has 0 aromatic heterocycles. The van der Waals surface area contributed by atoms with Gasteiger partial charge in [-0.05, 0) is 19.1 Å². The van der Waals surface area contributed by atoms with E-state index in [1.807, 2.05) is 6.92 Å². The predicted molar refractivity (Wildman–Crippen MR) is 76.7 cm³/mol. The Labute approximate surface area is 112 Å². The first-order chi connectivity index (χ1) is 9.19. The molecule has 0 radical (unpaired) electrons. The van der Waals surface area contributed by atoms with Crippen LogP contribution in [0, 0.1) is 0 Å². The molecule has 6 heteroatoms. The van der Waals surface area contributed by atoms with Crippen LogP contribution < -0.4 is 5.12 Å². The van der Waals surface area contributed by atoms with Crippen molar-refractivity contribution >= 4 is 25.0 Å². The number of rotatable bonds is 7. The van der Waals surface area contributed by atoms with Crippen LogP contribution in [0.1, 0.15) is 17.3 Å². The van der Waals surface area contributed by atoms with Crippen molar-refractivity contribution in [1.29, 1.82) is 0 Å². The summed E-state index contributed by atoms with van der Waals surface area (Å²) < 4.78 is 0. The minimum atomic E-state index is -0.190. The van der Waals surface area contributed by atoms with Crippen LogP contribution in [0.3, 0.4) is 0 Å². The summed E-state index contributed by atoms with van der Waals surface area (Å²) in [6.07, 6.45) is 0. The van der Waals surface area contributed by atoms with Crippen LogP contribution in [-0.2, 0) is 0 Å². The minimum Gasteiger partial charge on any atom is -0.395 e. The lowest BCUT2D eigenvalue weighted by atomic mass is 10.1. The third-order valence-electron chi connectivity index (χ3n) is 2.66. The average molecular weight is 262 g/mol. The molecule has 0 fully saturated rings. The summed E-state index contributed by atoms with van der Waals surface area (Å²) in [6, 6.07) is 6.93. The van der Waals surface area contributed by atoms with Gasteiger partial charge >= 0.3 is 0 Å². The van der Waals surface area contributed by atoms with E-state index in [2.05, 4.69) is 23.6 Å². The van der Waals surface area contributed by atoms with Crippen molar-refractivity contribution in [3.05, 3.63) is 29.8 Å². The zero-order valence-corrected chi connectivity index (χ0v) is 11.0. The van der Waals surface area contributed by atoms with E-state index < -0.39 is 0 Å². The number of hydrogen-bond acceptors (Lipinski definition) is 5. The Morgan fingerprint density at radius 1 is 1.32 bits per heavy atom. The zero-order valence-electron chi connectivity index (χ0n) is 11.0. The molecule has 0 heterocycles. The highest BCUT2D eigenvalue weighted by Crippen LogP contribution is 2.22. The topological polar surface area (TPSA) is 68.5 Å². The van der Waals surface area contributed by atoms with Crippen LogP contribution in [0.2, 0.25) is 0 Å². The summed E-state index contributed by atoms with van der Waals surface area (Å²) in [5.41, 5.74) is 0.950. The Kier molecular flexibility index (Phi) is 5.69. The molecule has 0 unspecified atom stereocenters. The van der Waals surface area contributed by atoms with Crippen molar-refractivity contribution in [3.8, 4) is 0 Å². The Balaban J connectivity index is 3.15. The number of nitrogens with zero attached hydrogens (tertiary/aromatic N) is 4. The summed E-state index contributed by atoms with van der Waals surface area (Å²) in [5, 5.41) is 17.5. The number of anilines is 1. The predicted octanol–water partition coefficient (Wildman–Crippen LogP) is 1.18. The summed E-state index contributed by atoms with van der Waals surface area (Å²) in [7, 11) is 0. The third kappa shape index (κ3) is 3.38. The standard InChI is InChI=1S/C13H18N4O2/c1-4-16(9-10-18)13(19)11-7-5-6-8-12(11)17(14-2)15-3/h5-8,18H,2-4,9-10H2,1H3. The quantitative estimate of drug-likeness (QED) is 0.592. The summed E-state index contributed by atoms with van der Waals surface area (Å²) in [5.74, 6) is -0.190. The van der Waals surface area contributed by atoms with Crippen molar-refractivity contribution in [3.63, 3.8) is 0 Å². The second-order valence-corrected chi connectivity index (χ2v) is 3.70. The van der Waals surface area contributed by atoms with Gasteiger partial charge in [-0.1, -0.05) is 12.1 Å². The van der Waals surface area contributed by atoms with E-state index >= 15 is 0 Å². The number of carbonyl (C=O) groups excluding carboxylic acids is 1. The molecule has 102 valence electrons. The molecule has 1 aromatic carbocycles. The van der Waals surface area contributed by atoms with Crippen LogP contribution in [-0.4, -0.2) is 49.0 Å². The second kappa shape index (κ2) is 7.27. The van der Waals surface area contributed by atoms with E-state index in [-0.39, 0.29) is 19.1 Å². The monoisotopic (exact) mass is 262 g/mol. The van der Waals surface area contributed by atoms with E-state index in [1.54, 1.807) is 29.2 Å². The van der Waals surface area contributed by atoms with Crippen molar-refractivity contribution < 1.29 is 9.90 Å². The van der Waals surface area contributed by atoms with E-state index in [4.69, 9.17) is 5.11 Å². The first-order valence-electron chi connectivity index (χ1n) is 5.92. The number of para-hydroxylation sites is 1. The summed E-state index contributed by atoms with van der Waals surface area (Å²) >= 11 is 0. The van der Waals surface area contributed by atoms with Gasteiger partial charge in [0, 0.05) is 26.5 Å². The maximum Gasteiger partial charge on any atom is 0.256 e. The van der Waals surface area contributed by atoms with Gasteiger partial charge in [-0.3, -0.25) is 4.79 Å². The fraction of sp³-hybridized carbons (Fsp3) is 0.308. The van der Waals surface area contributed by atoms with Gasteiger partial charge in [-0.25, -0.2) is 0 Å². The average Bonchev–Trinajstić information content (AvgIpc) is 2.46. The molecule has 0 saturated carbocycles. The number of amides is 1. The number of benzene rings is 1. The second-order valence-electron chi connectivity index (χ2n) is 3.70. The molecule has 6 nitrogen and oxygen atoms in total. The van der Waals surface area contributed by atoms with Gasteiger partial charge in [-0.2, -0.15) is 15.3 Å². The van der Waals surface area contributed by atoms with Gasteiger partial charge in [-0.15, -0.1) is 0 Å². The molecule has 0 spiro atoms. The van der Waals surface area contributed by atoms with Gasteiger partial charge in [0.05, 0.1) is 17.9 Å². The smallest absolute Gasteiger partial charge is 0.256 e. The molecule has 1 aromatic rings. The summed E-state index contributed by atoms with van der Waals surface area (Å²) in [4.78, 5) is 13.9. The Morgan fingerprint density at radius 3 is 2.47 bits per heavy atom. The van der Waals surface area contributed by atoms with Gasteiger partial charge in [0.15, 0.2) is 0 Å². The largest absolute Gasteiger partial charge is 0.395 e. The van der Waals surface area contributed by atoms with Crippen LogP contribution in [0.5, 0.6) is 0 Å². The van der Waals surface area contributed by atoms with Crippen LogP contribution in [0.15, 0.2) is 34.5 Å². The summed E-state index contributed by atoms with van der Waals surface area (Å²) in [6.45, 7) is 9.34. The fourth-order valence-corrected chi connectivity index (χ4v) is 1.72. The van der Waals surface area contributed by atoms with Crippen LogP contribution in [0.25, 0.3) is 0 Å². The Bertz CT molecular complexity index is 454. The van der Waals surface area contributed by atoms with Gasteiger partial charge in [0.25, 0.3) is 5.91 Å². The Hall–Kier alpha value is -2.21. The highest BCUT2D eigenvalue weighted by atomic mass is 16.3. The molecular weight excluding hydrogens is 244 g/mol. The first kappa shape index (κ1) is 14.8. The molecule has 19 heavy (non-hydrogen) atoms. The highest BCUT2D eigenvalue weighted by molar-refractivity contribution is 5.99. The van der Waals surface area contributed by atoms with Crippen LogP contribution in [0.4, 0.5) is 5.69 Å². The molecule has 1 amide bonds. The zero-order chi connectivity index (χ0) is 14.3. The lowest BCUT2D eigenvalue weighted by Gasteiger charge is -2.22. The third-order valence-corrected chi connectivity index (χ3v) is 2.66. The normalized spacial score (nSPS) is 9.79. The van der Waals surface area contributed by atoms with Crippen molar-refractivity contribution in [1.82, 2.24) is 4.90 Å². The van der Waals surface area contributed by atoms with E-state index in [9.17, 15) is 4.79 Å². The first-order valence-corrected chi connectivity index (χ1v) is 5.92. The minimum absolute atomic E-state index is 0.0785. The molecule has 0 aliphatic carbocycles. The number of aliphatic hydroxyl groups is 1. The fourth-order valence-electron chi connectivity index (χ4n) is 1.72. The van der Waals surface area contributed by atoms with E-state index in [1.165, 1.54) is 5.12 Å². The maximum atomic E-state index is 12.4. The number of likely N-dealkylation sites (N-methyl/N-ethyl adjacent to an activating group) is 1. The number of carbonyl (C=O) groups is 1. The molecular formula is C13H18N4O2. The van der Waals surface area contributed by atoms with Crippen molar-refractivity contribution in [2.24, 2.45) is 10.2 Å². The van der Waals surface area contributed by atoms with E-state index in [0.717, 1.165) is 0 Å². The molecule has 0 atom stereocenters. The molecule has 0 aliphatic heterocycles. The molecule has 1 N–H and O–H groups in total. The van der Waals surface area contributed by atoms with Gasteiger partial charge in [0.2, 0.25) is 0 Å². The maximum absolute atomic E-state index is 12.4. The van der Waals surface area contributed by atoms with Crippen LogP contribution >= 0.6 is 0 Å². The molecule has 0 bridgehead atoms. The van der Waals surface area contributed by atoms with Crippen molar-refractivity contribution in [2.75, 3.05) is 24.8 Å². The lowest BCUT2D eigenvalue weighted by molar-refractivity contribution is 0.0732. The van der Waals surface area contributed by atoms with Gasteiger partial charge < -0.3 is 10.0 Å².